The van der Waals surface area contributed by atoms with Gasteiger partial charge in [-0.25, -0.2) is 9.78 Å². The van der Waals surface area contributed by atoms with Crippen LogP contribution in [-0.4, -0.2) is 27.9 Å². The van der Waals surface area contributed by atoms with Crippen molar-refractivity contribution < 1.29 is 9.59 Å². The van der Waals surface area contributed by atoms with Crippen molar-refractivity contribution in [2.24, 2.45) is 10.7 Å². The van der Waals surface area contributed by atoms with Gasteiger partial charge in [0.05, 0.1) is 18.1 Å². The van der Waals surface area contributed by atoms with Crippen molar-refractivity contribution in [1.29, 1.82) is 0 Å². The predicted octanol–water partition coefficient (Wildman–Crippen LogP) is 1.06. The minimum atomic E-state index is -0.567. The second-order valence-corrected chi connectivity index (χ2v) is 4.40. The van der Waals surface area contributed by atoms with Crippen LogP contribution in [-0.2, 0) is 22.4 Å². The Balaban J connectivity index is 1.94. The average Bonchev–Trinajstić information content (AvgIpc) is 2.94. The maximum absolute atomic E-state index is 12.0. The van der Waals surface area contributed by atoms with Crippen LogP contribution in [0.3, 0.4) is 0 Å². The highest BCUT2D eigenvalue weighted by molar-refractivity contribution is 5.86. The average molecular weight is 270 g/mol. The lowest BCUT2D eigenvalue weighted by Gasteiger charge is -2.09. The topological polar surface area (TPSA) is 101 Å². The fraction of sp³-hybridized carbons (Fsp3) is 0.214. The zero-order valence-corrected chi connectivity index (χ0v) is 10.7. The Hall–Kier alpha value is -2.56. The molecule has 1 atom stereocenters. The molecule has 102 valence electrons. The van der Waals surface area contributed by atoms with Crippen LogP contribution in [0.4, 0.5) is 5.69 Å². The van der Waals surface area contributed by atoms with E-state index in [1.54, 1.807) is 36.8 Å². The summed E-state index contributed by atoms with van der Waals surface area (Å²) >= 11 is 0. The molecule has 0 aliphatic rings. The quantitative estimate of drug-likeness (QED) is 0.605. The van der Waals surface area contributed by atoms with Crippen molar-refractivity contribution in [3.8, 4) is 0 Å². The van der Waals surface area contributed by atoms with Gasteiger partial charge in [-0.3, -0.25) is 4.79 Å². The molecule has 0 saturated carbocycles. The molecule has 0 unspecified atom stereocenters. The van der Waals surface area contributed by atoms with E-state index in [-0.39, 0.29) is 12.2 Å². The number of carbonyl (C=O) groups excluding carboxylic acids is 2. The number of aromatic amines is 1. The number of nitrogens with two attached hydrogens (primary N) is 1. The van der Waals surface area contributed by atoms with Crippen molar-refractivity contribution in [2.45, 2.75) is 18.9 Å². The third kappa shape index (κ3) is 3.71. The number of H-pyrrole nitrogens is 1. The number of imidazole rings is 1. The van der Waals surface area contributed by atoms with Gasteiger partial charge in [0.25, 0.3) is 0 Å². The largest absolute Gasteiger partial charge is 0.348 e. The van der Waals surface area contributed by atoms with Crippen LogP contribution in [0.5, 0.6) is 0 Å². The Kier molecular flexibility index (Phi) is 4.55. The molecule has 1 heterocycles. The number of Topliss-reactive ketones (excluding diaryl/α,β-unsaturated/α-hetero) is 1. The number of hydrogen-bond donors (Lipinski definition) is 2. The highest BCUT2D eigenvalue weighted by atomic mass is 16.1. The molecule has 6 nitrogen and oxygen atoms in total. The van der Waals surface area contributed by atoms with E-state index in [0.29, 0.717) is 12.1 Å². The fourth-order valence-electron chi connectivity index (χ4n) is 1.82. The van der Waals surface area contributed by atoms with Crippen LogP contribution >= 0.6 is 0 Å². The standard InChI is InChI=1S/C14H14N4O2/c15-13(6-12-7-16-8-17-12)14(20)5-10-1-3-11(4-2-10)18-9-19/h1-4,7-8,13H,5-6,15H2,(H,16,17)/t13-/m0/s1. The molecule has 0 saturated heterocycles. The van der Waals surface area contributed by atoms with Crippen LogP contribution in [0, 0.1) is 0 Å². The smallest absolute Gasteiger partial charge is 0.240 e. The van der Waals surface area contributed by atoms with E-state index in [0.717, 1.165) is 11.3 Å². The number of hydrogen-bond acceptors (Lipinski definition) is 5. The lowest BCUT2D eigenvalue weighted by atomic mass is 10.0. The summed E-state index contributed by atoms with van der Waals surface area (Å²) in [5.74, 6) is -0.0498. The maximum atomic E-state index is 12.0. The van der Waals surface area contributed by atoms with Crippen LogP contribution < -0.4 is 5.73 Å². The second-order valence-electron chi connectivity index (χ2n) is 4.40. The molecule has 1 aromatic heterocycles. The minimum absolute atomic E-state index is 0.0498. The first-order valence-corrected chi connectivity index (χ1v) is 6.11. The number of nitrogens with zero attached hydrogens (tertiary/aromatic N) is 2. The first kappa shape index (κ1) is 13.9. The summed E-state index contributed by atoms with van der Waals surface area (Å²) in [7, 11) is 0. The fourth-order valence-corrected chi connectivity index (χ4v) is 1.82. The number of aromatic nitrogens is 2. The van der Waals surface area contributed by atoms with Gasteiger partial charge in [-0.2, -0.15) is 4.99 Å². The number of isocyanates is 1. The van der Waals surface area contributed by atoms with E-state index in [1.165, 1.54) is 6.08 Å². The molecule has 3 N–H and O–H groups in total. The number of benzene rings is 1. The van der Waals surface area contributed by atoms with Crippen LogP contribution in [0.15, 0.2) is 41.8 Å². The molecule has 2 rings (SSSR count). The summed E-state index contributed by atoms with van der Waals surface area (Å²) in [6, 6.07) is 6.25. The van der Waals surface area contributed by atoms with Gasteiger partial charge in [-0.15, -0.1) is 0 Å². The Labute approximate surface area is 115 Å². The summed E-state index contributed by atoms with van der Waals surface area (Å²) in [4.78, 5) is 32.4. The first-order valence-electron chi connectivity index (χ1n) is 6.11. The monoisotopic (exact) mass is 270 g/mol. The first-order chi connectivity index (χ1) is 9.69. The summed E-state index contributed by atoms with van der Waals surface area (Å²) in [6.45, 7) is 0. The Morgan fingerprint density at radius 2 is 2.15 bits per heavy atom. The molecular formula is C14H14N4O2. The number of nitrogens with one attached hydrogen (secondary N) is 1. The molecule has 1 aromatic carbocycles. The van der Waals surface area contributed by atoms with Gasteiger partial charge in [-0.05, 0) is 17.7 Å². The Bertz CT molecular complexity index is 613. The molecular weight excluding hydrogens is 256 g/mol. The van der Waals surface area contributed by atoms with E-state index in [1.807, 2.05) is 0 Å². The molecule has 20 heavy (non-hydrogen) atoms. The van der Waals surface area contributed by atoms with Crippen LogP contribution in [0.1, 0.15) is 11.3 Å². The Morgan fingerprint density at radius 3 is 2.75 bits per heavy atom. The number of rotatable bonds is 6. The van der Waals surface area contributed by atoms with Gasteiger partial charge in [0.1, 0.15) is 0 Å². The molecule has 0 radical (unpaired) electrons. The number of ketones is 1. The molecule has 0 aliphatic carbocycles. The molecule has 0 amide bonds. The lowest BCUT2D eigenvalue weighted by molar-refractivity contribution is -0.119. The summed E-state index contributed by atoms with van der Waals surface area (Å²) in [6.07, 6.45) is 5.36. The van der Waals surface area contributed by atoms with Gasteiger partial charge >= 0.3 is 0 Å². The van der Waals surface area contributed by atoms with Gasteiger partial charge in [0.2, 0.25) is 6.08 Å². The van der Waals surface area contributed by atoms with Crippen LogP contribution in [0.2, 0.25) is 0 Å². The second kappa shape index (κ2) is 6.56. The molecule has 6 heteroatoms. The normalized spacial score (nSPS) is 11.7. The van der Waals surface area contributed by atoms with E-state index in [4.69, 9.17) is 5.73 Å². The maximum Gasteiger partial charge on any atom is 0.240 e. The molecule has 0 aliphatic heterocycles. The van der Waals surface area contributed by atoms with Gasteiger partial charge in [-0.1, -0.05) is 12.1 Å². The summed E-state index contributed by atoms with van der Waals surface area (Å²) in [5.41, 5.74) is 8.05. The summed E-state index contributed by atoms with van der Waals surface area (Å²) < 4.78 is 0. The van der Waals surface area contributed by atoms with Crippen molar-refractivity contribution >= 4 is 17.6 Å². The summed E-state index contributed by atoms with van der Waals surface area (Å²) in [5, 5.41) is 0. The number of carbonyl (C=O) groups is 1. The zero-order valence-electron chi connectivity index (χ0n) is 10.7. The molecule has 2 aromatic rings. The highest BCUT2D eigenvalue weighted by Gasteiger charge is 2.15. The van der Waals surface area contributed by atoms with Crippen molar-refractivity contribution in [2.75, 3.05) is 0 Å². The van der Waals surface area contributed by atoms with Crippen molar-refractivity contribution in [3.05, 3.63) is 48.0 Å². The molecule has 0 spiro atoms. The predicted molar refractivity (Wildman–Crippen MR) is 73.2 cm³/mol. The van der Waals surface area contributed by atoms with Crippen molar-refractivity contribution in [3.63, 3.8) is 0 Å². The Morgan fingerprint density at radius 1 is 1.40 bits per heavy atom. The lowest BCUT2D eigenvalue weighted by Crippen LogP contribution is -2.34. The molecule has 0 bridgehead atoms. The SMILES string of the molecule is N[C@@H](Cc1cnc[nH]1)C(=O)Cc1ccc(N=C=O)cc1. The molecule has 0 fully saturated rings. The van der Waals surface area contributed by atoms with Crippen molar-refractivity contribution in [1.82, 2.24) is 9.97 Å². The van der Waals surface area contributed by atoms with E-state index < -0.39 is 6.04 Å². The van der Waals surface area contributed by atoms with Crippen LogP contribution in [0.25, 0.3) is 0 Å². The van der Waals surface area contributed by atoms with E-state index >= 15 is 0 Å². The zero-order chi connectivity index (χ0) is 14.4. The van der Waals surface area contributed by atoms with E-state index in [9.17, 15) is 9.59 Å². The van der Waals surface area contributed by atoms with Gasteiger partial charge < -0.3 is 10.7 Å². The third-order valence-corrected chi connectivity index (χ3v) is 2.90. The van der Waals surface area contributed by atoms with Gasteiger partial charge in [0, 0.05) is 24.7 Å². The number of aliphatic imine (C=N–C) groups is 1. The highest BCUT2D eigenvalue weighted by Crippen LogP contribution is 2.13. The van der Waals surface area contributed by atoms with E-state index in [2.05, 4.69) is 15.0 Å². The van der Waals surface area contributed by atoms with Gasteiger partial charge in [0.15, 0.2) is 5.78 Å². The minimum Gasteiger partial charge on any atom is -0.348 e. The third-order valence-electron chi connectivity index (χ3n) is 2.90.